The number of sulfone groups is 1. The third-order valence-electron chi connectivity index (χ3n) is 8.09. The summed E-state index contributed by atoms with van der Waals surface area (Å²) < 4.78 is 75.3. The molecule has 0 amide bonds. The molecule has 0 fully saturated rings. The zero-order valence-corrected chi connectivity index (χ0v) is 45.7. The van der Waals surface area contributed by atoms with Crippen LogP contribution in [0.3, 0.4) is 0 Å². The topological polar surface area (TPSA) is 189 Å². The fraction of sp³-hybridized carbons (Fsp3) is 0.354. The molecule has 0 unspecified atom stereocenters. The van der Waals surface area contributed by atoms with Gasteiger partial charge in [0.25, 0.3) is 28.9 Å². The second-order valence-corrected chi connectivity index (χ2v) is 16.2. The molecule has 0 radical (unpaired) electrons. The Morgan fingerprint density at radius 2 is 1.05 bits per heavy atom. The maximum Gasteiger partial charge on any atom is 0.298 e. The van der Waals surface area contributed by atoms with Crippen LogP contribution in [0.2, 0.25) is 0 Å². The summed E-state index contributed by atoms with van der Waals surface area (Å²) in [4.78, 5) is 0. The third-order valence-corrected chi connectivity index (χ3v) is 10.9. The molecule has 10 aromatic heterocycles. The van der Waals surface area contributed by atoms with Crippen LogP contribution < -0.4 is 0 Å². The van der Waals surface area contributed by atoms with Crippen LogP contribution in [-0.4, -0.2) is 14.7 Å². The largest absolute Gasteiger partial charge is 0.433 e. The van der Waals surface area contributed by atoms with Crippen LogP contribution >= 0.6 is 47.8 Å². The minimum atomic E-state index is -3.26. The molecule has 0 saturated carbocycles. The lowest BCUT2D eigenvalue weighted by molar-refractivity contribution is 0.414. The Morgan fingerprint density at radius 1 is 0.538 bits per heavy atom. The molecule has 356 valence electrons. The number of hydrogen-bond acceptors (Lipinski definition) is 13. The average Bonchev–Trinajstić information content (AvgIpc) is 4.17. The summed E-state index contributed by atoms with van der Waals surface area (Å²) in [5.74, 6) is 4.56. The fourth-order valence-electron chi connectivity index (χ4n) is 5.13. The second kappa shape index (κ2) is 28.1. The van der Waals surface area contributed by atoms with Crippen molar-refractivity contribution in [1.29, 1.82) is 5.26 Å². The summed E-state index contributed by atoms with van der Waals surface area (Å²) in [6, 6.07) is 12.2. The maximum absolute atomic E-state index is 11.0. The zero-order valence-electron chi connectivity index (χ0n) is 40.1. The molecule has 10 aromatic rings. The molecule has 0 N–H and O–H groups in total. The molecule has 0 aliphatic rings. The van der Waals surface area contributed by atoms with Gasteiger partial charge in [-0.25, -0.2) is 8.42 Å². The van der Waals surface area contributed by atoms with E-state index < -0.39 is 9.84 Å². The number of aryl methyl sites for hydroxylation is 6. The van der Waals surface area contributed by atoms with Gasteiger partial charge in [0.1, 0.15) is 17.6 Å². The van der Waals surface area contributed by atoms with Crippen molar-refractivity contribution in [3.05, 3.63) is 109 Å². The van der Waals surface area contributed by atoms with E-state index in [9.17, 15) is 8.42 Å². The van der Waals surface area contributed by atoms with Crippen LogP contribution in [0.25, 0.3) is 55.8 Å². The van der Waals surface area contributed by atoms with Gasteiger partial charge in [0.2, 0.25) is 20.7 Å². The van der Waals surface area contributed by atoms with Gasteiger partial charge in [-0.05, 0) is 113 Å². The van der Waals surface area contributed by atoms with Crippen molar-refractivity contribution in [3.8, 4) is 6.07 Å². The molecular formula is C48H60Br3NO12S. The van der Waals surface area contributed by atoms with Crippen molar-refractivity contribution in [2.45, 2.75) is 116 Å². The highest BCUT2D eigenvalue weighted by molar-refractivity contribution is 9.11. The van der Waals surface area contributed by atoms with E-state index in [2.05, 4.69) is 47.8 Å². The Morgan fingerprint density at radius 3 is 1.54 bits per heavy atom. The first-order valence-electron chi connectivity index (χ1n) is 21.0. The smallest absolute Gasteiger partial charge is 0.298 e. The van der Waals surface area contributed by atoms with E-state index in [4.69, 9.17) is 49.4 Å². The molecule has 0 atom stereocenters. The Bertz CT molecular complexity index is 2910. The lowest BCUT2D eigenvalue weighted by Crippen LogP contribution is -1.93. The van der Waals surface area contributed by atoms with E-state index in [-0.39, 0.29) is 16.6 Å². The normalized spacial score (nSPS) is 9.95. The van der Waals surface area contributed by atoms with Crippen LogP contribution in [0.5, 0.6) is 0 Å². The second-order valence-electron chi connectivity index (χ2n) is 12.1. The standard InChI is InChI=1S/3C8H7BrO2.C7H3NO2.C7H6O4S.5C2H6/c1-4-5(2)10-8-6(4)3-7(9)11-8;1-4-3-10-8-6(4)5(2)7(9)11-8;1-4-3-6-5(2)7(9)11-8(6)10-4;8-4-6-3-5-1-2-9-7(5)10-6;1-12(8,9)6-4-5-2-3-10-7(5)11-6;5*1-2/h3*3H,1-2H3;1-3H;2-4H,1H3;5*1-2H3. The maximum atomic E-state index is 11.0. The molecule has 0 bridgehead atoms. The van der Waals surface area contributed by atoms with Gasteiger partial charge in [0.15, 0.2) is 14.0 Å². The first-order valence-corrected chi connectivity index (χ1v) is 25.3. The van der Waals surface area contributed by atoms with Crippen LogP contribution in [0.4, 0.5) is 0 Å². The molecule has 0 aromatic carbocycles. The minimum absolute atomic E-state index is 0.0585. The first kappa shape index (κ1) is 58.0. The van der Waals surface area contributed by atoms with E-state index >= 15 is 0 Å². The van der Waals surface area contributed by atoms with Crippen LogP contribution in [0, 0.1) is 52.9 Å². The minimum Gasteiger partial charge on any atom is -0.433 e. The van der Waals surface area contributed by atoms with Gasteiger partial charge in [0, 0.05) is 41.1 Å². The van der Waals surface area contributed by atoms with Crippen LogP contribution in [0.1, 0.15) is 109 Å². The fourth-order valence-corrected chi connectivity index (χ4v) is 6.78. The van der Waals surface area contributed by atoms with E-state index in [0.717, 1.165) is 70.9 Å². The molecule has 0 aliphatic carbocycles. The predicted molar refractivity (Wildman–Crippen MR) is 268 cm³/mol. The van der Waals surface area contributed by atoms with E-state index in [1.807, 2.05) is 129 Å². The summed E-state index contributed by atoms with van der Waals surface area (Å²) in [5, 5.41) is 13.0. The van der Waals surface area contributed by atoms with Crippen molar-refractivity contribution in [2.75, 3.05) is 6.26 Å². The number of hydrogen-bond donors (Lipinski definition) is 0. The molecule has 13 nitrogen and oxygen atoms in total. The van der Waals surface area contributed by atoms with E-state index in [1.165, 1.54) is 18.6 Å². The molecule has 10 rings (SSSR count). The van der Waals surface area contributed by atoms with Gasteiger partial charge in [0.05, 0.1) is 45.7 Å². The average molecular weight is 1110 g/mol. The Hall–Kier alpha value is -5.02. The van der Waals surface area contributed by atoms with Gasteiger partial charge in [-0.15, -0.1) is 0 Å². The summed E-state index contributed by atoms with van der Waals surface area (Å²) in [7, 11) is -3.26. The number of furan rings is 10. The van der Waals surface area contributed by atoms with Gasteiger partial charge in [-0.2, -0.15) is 5.26 Å². The van der Waals surface area contributed by atoms with Crippen molar-refractivity contribution in [2.24, 2.45) is 0 Å². The van der Waals surface area contributed by atoms with E-state index in [0.29, 0.717) is 33.2 Å². The highest BCUT2D eigenvalue weighted by Gasteiger charge is 2.16. The third kappa shape index (κ3) is 15.3. The van der Waals surface area contributed by atoms with Crippen molar-refractivity contribution >= 4 is 113 Å². The Balaban J connectivity index is 0.000000387. The highest BCUT2D eigenvalue weighted by Crippen LogP contribution is 2.33. The first-order chi connectivity index (χ1) is 31.0. The molecule has 10 heterocycles. The summed E-state index contributed by atoms with van der Waals surface area (Å²) in [5.41, 5.74) is 4.46. The molecule has 65 heavy (non-hydrogen) atoms. The lowest BCUT2D eigenvalue weighted by atomic mass is 10.2. The summed E-state index contributed by atoms with van der Waals surface area (Å²) >= 11 is 9.82. The zero-order chi connectivity index (χ0) is 49.8. The molecular weight excluding hydrogens is 1050 g/mol. The number of nitrogens with zero attached hydrogens (tertiary/aromatic N) is 1. The van der Waals surface area contributed by atoms with Crippen molar-refractivity contribution in [3.63, 3.8) is 0 Å². The van der Waals surface area contributed by atoms with Gasteiger partial charge in [-0.3, -0.25) is 0 Å². The quantitative estimate of drug-likeness (QED) is 0.151. The molecule has 0 spiro atoms. The van der Waals surface area contributed by atoms with Crippen LogP contribution in [0.15, 0.2) is 118 Å². The van der Waals surface area contributed by atoms with Gasteiger partial charge < -0.3 is 44.2 Å². The number of rotatable bonds is 1. The molecule has 0 saturated heterocycles. The number of nitriles is 1. The van der Waals surface area contributed by atoms with Crippen molar-refractivity contribution in [1.82, 2.24) is 0 Å². The SMILES string of the molecule is CC.CC.CC.CC.CC.CS(=O)(=O)c1cc2ccoc2o1.Cc1cc2c(C)c(Br)oc2o1.Cc1coc2oc(Br)c(C)c12.Cc1oc2oc(Br)cc2c1C.N#Cc1cc2ccoc2o1. The van der Waals surface area contributed by atoms with Gasteiger partial charge >= 0.3 is 0 Å². The van der Waals surface area contributed by atoms with Crippen molar-refractivity contribution < 1.29 is 52.6 Å². The van der Waals surface area contributed by atoms with Gasteiger partial charge in [-0.1, -0.05) is 69.2 Å². The number of fused-ring (bicyclic) bond motifs is 5. The number of halogens is 3. The lowest BCUT2D eigenvalue weighted by Gasteiger charge is -1.86. The Labute approximate surface area is 405 Å². The summed E-state index contributed by atoms with van der Waals surface area (Å²) in [6.07, 6.45) is 5.76. The molecule has 17 heteroatoms. The Kier molecular flexibility index (Phi) is 25.1. The monoisotopic (exact) mass is 1110 g/mol. The predicted octanol–water partition coefficient (Wildman–Crippen LogP) is 18.7. The highest BCUT2D eigenvalue weighted by atomic mass is 79.9. The molecule has 0 aliphatic heterocycles. The van der Waals surface area contributed by atoms with E-state index in [1.54, 1.807) is 24.5 Å². The summed E-state index contributed by atoms with van der Waals surface area (Å²) in [6.45, 7) is 31.8. The van der Waals surface area contributed by atoms with Crippen LogP contribution in [-0.2, 0) is 9.84 Å².